The van der Waals surface area contributed by atoms with E-state index in [1.165, 1.54) is 36.4 Å². The maximum Gasteiger partial charge on any atom is 0.387 e. The average Bonchev–Trinajstić information content (AvgIpc) is 2.75. The van der Waals surface area contributed by atoms with Crippen molar-refractivity contribution in [1.82, 2.24) is 10.6 Å². The summed E-state index contributed by atoms with van der Waals surface area (Å²) >= 11 is 0. The van der Waals surface area contributed by atoms with E-state index in [9.17, 15) is 24.0 Å². The summed E-state index contributed by atoms with van der Waals surface area (Å²) in [6.07, 6.45) is -0.908. The number of ether oxygens (including phenoxy) is 1. The number of non-ortho nitro benzene ring substituents is 1. The lowest BCUT2D eigenvalue weighted by Crippen LogP contribution is -2.39. The van der Waals surface area contributed by atoms with E-state index in [2.05, 4.69) is 25.7 Å². The molecule has 9 nitrogen and oxygen atoms in total. The Labute approximate surface area is 201 Å². The number of hydrogen-bond donors (Lipinski definition) is 4. The van der Waals surface area contributed by atoms with Gasteiger partial charge in [0.15, 0.2) is 5.96 Å². The molecule has 0 amide bonds. The van der Waals surface area contributed by atoms with Gasteiger partial charge in [0.1, 0.15) is 5.75 Å². The van der Waals surface area contributed by atoms with Crippen LogP contribution in [0.1, 0.15) is 18.6 Å². The van der Waals surface area contributed by atoms with Gasteiger partial charge in [-0.2, -0.15) is 8.78 Å². The number of guanidine groups is 1. The van der Waals surface area contributed by atoms with Gasteiger partial charge in [0.25, 0.3) is 5.69 Å². The quantitative estimate of drug-likeness (QED) is 0.0822. The number of alkyl halides is 2. The van der Waals surface area contributed by atoms with Gasteiger partial charge in [-0.05, 0) is 36.8 Å². The molecule has 176 valence electrons. The van der Waals surface area contributed by atoms with Gasteiger partial charge in [0.2, 0.25) is 0 Å². The molecule has 0 aromatic heterocycles. The molecule has 12 heteroatoms. The van der Waals surface area contributed by atoms with Crippen LogP contribution in [0.5, 0.6) is 5.75 Å². The van der Waals surface area contributed by atoms with E-state index in [-0.39, 0.29) is 42.0 Å². The van der Waals surface area contributed by atoms with E-state index in [4.69, 9.17) is 0 Å². The smallest absolute Gasteiger partial charge is 0.387 e. The number of aliphatic hydroxyl groups is 1. The number of nitrogens with one attached hydrogen (secondary N) is 3. The highest BCUT2D eigenvalue weighted by Crippen LogP contribution is 2.19. The Bertz CT molecular complexity index is 854. The van der Waals surface area contributed by atoms with Crippen LogP contribution in [0.3, 0.4) is 0 Å². The molecule has 0 spiro atoms. The number of aliphatic hydroxyl groups excluding tert-OH is 1. The molecule has 0 saturated carbocycles. The fourth-order valence-electron chi connectivity index (χ4n) is 2.59. The third-order valence-corrected chi connectivity index (χ3v) is 4.08. The summed E-state index contributed by atoms with van der Waals surface area (Å²) in [5, 5.41) is 30.3. The summed E-state index contributed by atoms with van der Waals surface area (Å²) < 4.78 is 28.7. The summed E-state index contributed by atoms with van der Waals surface area (Å²) in [6.45, 7) is 0.751. The molecule has 0 saturated heterocycles. The van der Waals surface area contributed by atoms with Gasteiger partial charge in [-0.25, -0.2) is 0 Å². The first kappa shape index (κ1) is 27.3. The van der Waals surface area contributed by atoms with Crippen LogP contribution in [0.2, 0.25) is 0 Å². The monoisotopic (exact) mass is 565 g/mol. The second-order valence-corrected chi connectivity index (χ2v) is 6.34. The van der Waals surface area contributed by atoms with Crippen LogP contribution in [-0.2, 0) is 0 Å². The van der Waals surface area contributed by atoms with Gasteiger partial charge < -0.3 is 25.8 Å². The highest BCUT2D eigenvalue weighted by atomic mass is 127. The third-order valence-electron chi connectivity index (χ3n) is 4.08. The summed E-state index contributed by atoms with van der Waals surface area (Å²) in [7, 11) is 0. The zero-order valence-corrected chi connectivity index (χ0v) is 19.7. The number of aliphatic imine (C=N–C) groups is 1. The molecule has 4 N–H and O–H groups in total. The van der Waals surface area contributed by atoms with Crippen LogP contribution in [-0.4, -0.2) is 48.8 Å². The van der Waals surface area contributed by atoms with Crippen LogP contribution < -0.4 is 20.7 Å². The van der Waals surface area contributed by atoms with E-state index in [1.54, 1.807) is 12.1 Å². The van der Waals surface area contributed by atoms with Gasteiger partial charge >= 0.3 is 6.61 Å². The van der Waals surface area contributed by atoms with Crippen LogP contribution in [0, 0.1) is 10.1 Å². The lowest BCUT2D eigenvalue weighted by molar-refractivity contribution is -0.384. The van der Waals surface area contributed by atoms with E-state index >= 15 is 0 Å². The SMILES string of the molecule is CCNC(=NCC(O)c1ccc(OC(F)F)cc1)NCCNc1ccc([N+](=O)[O-])cc1.I. The largest absolute Gasteiger partial charge is 0.435 e. The van der Waals surface area contributed by atoms with Crippen molar-refractivity contribution in [2.45, 2.75) is 19.6 Å². The number of hydrogen-bond acceptors (Lipinski definition) is 6. The van der Waals surface area contributed by atoms with Crippen molar-refractivity contribution >= 4 is 41.3 Å². The van der Waals surface area contributed by atoms with Gasteiger partial charge in [-0.3, -0.25) is 15.1 Å². The molecule has 2 rings (SSSR count). The molecule has 1 atom stereocenters. The van der Waals surface area contributed by atoms with E-state index in [0.717, 1.165) is 5.69 Å². The number of anilines is 1. The van der Waals surface area contributed by atoms with Crippen LogP contribution in [0.15, 0.2) is 53.5 Å². The predicted molar refractivity (Wildman–Crippen MR) is 129 cm³/mol. The molecule has 2 aromatic rings. The van der Waals surface area contributed by atoms with Crippen molar-refractivity contribution in [3.63, 3.8) is 0 Å². The second-order valence-electron chi connectivity index (χ2n) is 6.34. The standard InChI is InChI=1S/C20H25F2N5O4.HI/c1-2-23-20(25-12-11-24-15-5-7-16(8-6-15)27(29)30)26-13-18(28)14-3-9-17(10-4-14)31-19(21)22;/h3-10,18-19,24,28H,2,11-13H2,1H3,(H2,23,25,26);1H. The normalized spacial score (nSPS) is 12.0. The van der Waals surface area contributed by atoms with Gasteiger partial charge in [-0.15, -0.1) is 24.0 Å². The Hall–Kier alpha value is -2.74. The Morgan fingerprint density at radius 2 is 1.78 bits per heavy atom. The summed E-state index contributed by atoms with van der Waals surface area (Å²) in [6, 6.07) is 11.8. The maximum atomic E-state index is 12.2. The molecule has 0 aliphatic heterocycles. The van der Waals surface area contributed by atoms with Crippen molar-refractivity contribution in [3.05, 3.63) is 64.2 Å². The molecule has 32 heavy (non-hydrogen) atoms. The van der Waals surface area contributed by atoms with Crippen LogP contribution in [0.4, 0.5) is 20.2 Å². The summed E-state index contributed by atoms with van der Waals surface area (Å²) in [5.41, 5.74) is 1.31. The molecular formula is C20H26F2IN5O4. The fraction of sp³-hybridized carbons (Fsp3) is 0.350. The third kappa shape index (κ3) is 9.60. The minimum absolute atomic E-state index is 0. The van der Waals surface area contributed by atoms with Crippen molar-refractivity contribution in [1.29, 1.82) is 0 Å². The van der Waals surface area contributed by atoms with Gasteiger partial charge in [-0.1, -0.05) is 12.1 Å². The zero-order chi connectivity index (χ0) is 22.6. The van der Waals surface area contributed by atoms with Crippen molar-refractivity contribution in [2.75, 3.05) is 31.5 Å². The Kier molecular flexibility index (Phi) is 12.2. The Morgan fingerprint density at radius 3 is 2.34 bits per heavy atom. The molecule has 0 bridgehead atoms. The van der Waals surface area contributed by atoms with E-state index in [1.807, 2.05) is 6.92 Å². The summed E-state index contributed by atoms with van der Waals surface area (Å²) in [5.74, 6) is 0.523. The fourth-order valence-corrected chi connectivity index (χ4v) is 2.59. The minimum atomic E-state index is -2.90. The predicted octanol–water partition coefficient (Wildman–Crippen LogP) is 3.51. The number of halogens is 3. The van der Waals surface area contributed by atoms with E-state index in [0.29, 0.717) is 31.2 Å². The zero-order valence-electron chi connectivity index (χ0n) is 17.3. The Balaban J connectivity index is 0.00000512. The highest BCUT2D eigenvalue weighted by molar-refractivity contribution is 14.0. The van der Waals surface area contributed by atoms with Crippen LogP contribution >= 0.6 is 24.0 Å². The van der Waals surface area contributed by atoms with Crippen molar-refractivity contribution in [3.8, 4) is 5.75 Å². The Morgan fingerprint density at radius 1 is 1.12 bits per heavy atom. The summed E-state index contributed by atoms with van der Waals surface area (Å²) in [4.78, 5) is 14.5. The van der Waals surface area contributed by atoms with Crippen molar-refractivity contribution in [2.24, 2.45) is 4.99 Å². The maximum absolute atomic E-state index is 12.2. The molecule has 0 aliphatic carbocycles. The molecule has 0 aliphatic rings. The number of nitrogens with zero attached hydrogens (tertiary/aromatic N) is 2. The first-order valence-corrected chi connectivity index (χ1v) is 9.62. The number of rotatable bonds is 11. The molecule has 0 fully saturated rings. The lowest BCUT2D eigenvalue weighted by atomic mass is 10.1. The second kappa shape index (κ2) is 14.3. The molecule has 2 aromatic carbocycles. The highest BCUT2D eigenvalue weighted by Gasteiger charge is 2.10. The molecule has 0 heterocycles. The number of nitro benzene ring substituents is 1. The molecular weight excluding hydrogens is 539 g/mol. The van der Waals surface area contributed by atoms with Crippen LogP contribution in [0.25, 0.3) is 0 Å². The molecule has 1 unspecified atom stereocenters. The minimum Gasteiger partial charge on any atom is -0.435 e. The topological polar surface area (TPSA) is 121 Å². The first-order chi connectivity index (χ1) is 14.9. The average molecular weight is 565 g/mol. The first-order valence-electron chi connectivity index (χ1n) is 9.62. The van der Waals surface area contributed by atoms with Gasteiger partial charge in [0.05, 0.1) is 17.6 Å². The van der Waals surface area contributed by atoms with E-state index < -0.39 is 17.6 Å². The van der Waals surface area contributed by atoms with Crippen molar-refractivity contribution < 1.29 is 23.5 Å². The number of benzene rings is 2. The lowest BCUT2D eigenvalue weighted by Gasteiger charge is -2.14. The number of nitro groups is 1. The van der Waals surface area contributed by atoms with Gasteiger partial charge in [0, 0.05) is 37.5 Å². The molecule has 0 radical (unpaired) electrons.